The number of benzene rings is 2. The molecule has 1 saturated heterocycles. The van der Waals surface area contributed by atoms with Gasteiger partial charge in [0.15, 0.2) is 0 Å². The molecule has 2 aliphatic rings. The van der Waals surface area contributed by atoms with Crippen molar-refractivity contribution in [1.82, 2.24) is 14.5 Å². The molecule has 0 amide bonds. The summed E-state index contributed by atoms with van der Waals surface area (Å²) in [5.74, 6) is 1.24. The van der Waals surface area contributed by atoms with Crippen LogP contribution in [0.1, 0.15) is 43.2 Å². The van der Waals surface area contributed by atoms with E-state index >= 15 is 0 Å². The molecule has 1 saturated carbocycles. The minimum absolute atomic E-state index is 0.279. The summed E-state index contributed by atoms with van der Waals surface area (Å²) >= 11 is 0. The number of likely N-dealkylation sites (tertiary alicyclic amines) is 1. The van der Waals surface area contributed by atoms with Gasteiger partial charge in [-0.1, -0.05) is 61.4 Å². The largest absolute Gasteiger partial charge is 0.491 e. The van der Waals surface area contributed by atoms with Crippen molar-refractivity contribution in [2.45, 2.75) is 56.8 Å². The molecule has 5 heteroatoms. The van der Waals surface area contributed by atoms with Gasteiger partial charge in [-0.3, -0.25) is 4.90 Å². The minimum atomic E-state index is -0.719. The zero-order valence-electron chi connectivity index (χ0n) is 18.6. The Morgan fingerprint density at radius 3 is 2.69 bits per heavy atom. The molecular formula is C27H33N3O2. The van der Waals surface area contributed by atoms with Crippen LogP contribution in [0.4, 0.5) is 0 Å². The summed E-state index contributed by atoms with van der Waals surface area (Å²) in [6, 6.07) is 19.1. The number of ether oxygens (including phenoxy) is 1. The van der Waals surface area contributed by atoms with E-state index in [2.05, 4.69) is 52.3 Å². The number of piperidine rings is 1. The topological polar surface area (TPSA) is 50.5 Å². The second-order valence-corrected chi connectivity index (χ2v) is 9.23. The Morgan fingerprint density at radius 1 is 1.03 bits per heavy atom. The highest BCUT2D eigenvalue weighted by molar-refractivity contribution is 5.34. The van der Waals surface area contributed by atoms with Gasteiger partial charge in [0.2, 0.25) is 0 Å². The second-order valence-electron chi connectivity index (χ2n) is 9.23. The lowest BCUT2D eigenvalue weighted by atomic mass is 9.66. The average Bonchev–Trinajstić information content (AvgIpc) is 3.36. The standard InChI is InChI=1S/C27H33N3O2/c31-27(23-9-2-1-3-10-23)14-16-30(25-12-6-5-11-24(25)27)20-22-8-4-7-13-26(22)32-19-18-29-17-15-28-21-29/h1-4,7-10,13,15,17,21,24-25,31H,5-6,11-12,14,16,18-20H2/t24-,25+,27+/m0/s1. The third kappa shape index (κ3) is 4.32. The van der Waals surface area contributed by atoms with Gasteiger partial charge >= 0.3 is 0 Å². The van der Waals surface area contributed by atoms with Crippen LogP contribution >= 0.6 is 0 Å². The van der Waals surface area contributed by atoms with Crippen molar-refractivity contribution in [1.29, 1.82) is 0 Å². The number of fused-ring (bicyclic) bond motifs is 1. The normalized spacial score (nSPS) is 25.9. The lowest BCUT2D eigenvalue weighted by Gasteiger charge is -2.52. The highest BCUT2D eigenvalue weighted by atomic mass is 16.5. The van der Waals surface area contributed by atoms with E-state index < -0.39 is 5.60 Å². The number of imidazole rings is 1. The molecule has 3 aromatic rings. The van der Waals surface area contributed by atoms with Gasteiger partial charge in [0.1, 0.15) is 12.4 Å². The molecule has 0 unspecified atom stereocenters. The molecule has 1 aliphatic heterocycles. The quantitative estimate of drug-likeness (QED) is 0.593. The maximum Gasteiger partial charge on any atom is 0.123 e. The Labute approximate surface area is 190 Å². The van der Waals surface area contributed by atoms with Gasteiger partial charge in [-0.2, -0.15) is 0 Å². The molecule has 0 bridgehead atoms. The molecule has 2 fully saturated rings. The van der Waals surface area contributed by atoms with Gasteiger partial charge in [0, 0.05) is 43.0 Å². The first-order valence-electron chi connectivity index (χ1n) is 11.9. The SMILES string of the molecule is O[C@@]1(c2ccccc2)CCN(Cc2ccccc2OCCn2ccnc2)[C@@H]2CCCC[C@@H]21. The van der Waals surface area contributed by atoms with Crippen LogP contribution in [0.25, 0.3) is 0 Å². The minimum Gasteiger partial charge on any atom is -0.491 e. The second kappa shape index (κ2) is 9.47. The average molecular weight is 432 g/mol. The molecule has 2 aromatic carbocycles. The van der Waals surface area contributed by atoms with Crippen molar-refractivity contribution in [3.8, 4) is 5.75 Å². The van der Waals surface area contributed by atoms with E-state index in [-0.39, 0.29) is 5.92 Å². The van der Waals surface area contributed by atoms with E-state index in [4.69, 9.17) is 4.74 Å². The predicted molar refractivity (Wildman–Crippen MR) is 125 cm³/mol. The summed E-state index contributed by atoms with van der Waals surface area (Å²) in [5.41, 5.74) is 1.59. The summed E-state index contributed by atoms with van der Waals surface area (Å²) in [5, 5.41) is 11.8. The Balaban J connectivity index is 1.31. The summed E-state index contributed by atoms with van der Waals surface area (Å²) < 4.78 is 8.21. The van der Waals surface area contributed by atoms with Crippen LogP contribution < -0.4 is 4.74 Å². The molecule has 2 heterocycles. The van der Waals surface area contributed by atoms with Crippen molar-refractivity contribution >= 4 is 0 Å². The van der Waals surface area contributed by atoms with Gasteiger partial charge in [-0.15, -0.1) is 0 Å². The predicted octanol–water partition coefficient (Wildman–Crippen LogP) is 4.61. The van der Waals surface area contributed by atoms with Gasteiger partial charge in [0.25, 0.3) is 0 Å². The van der Waals surface area contributed by atoms with Gasteiger partial charge in [-0.25, -0.2) is 4.98 Å². The molecule has 32 heavy (non-hydrogen) atoms. The van der Waals surface area contributed by atoms with E-state index in [1.165, 1.54) is 18.4 Å². The molecule has 3 atom stereocenters. The maximum atomic E-state index is 11.8. The smallest absolute Gasteiger partial charge is 0.123 e. The summed E-state index contributed by atoms with van der Waals surface area (Å²) in [6.45, 7) is 3.17. The van der Waals surface area contributed by atoms with Crippen LogP contribution in [0, 0.1) is 5.92 Å². The third-order valence-electron chi connectivity index (χ3n) is 7.38. The molecule has 1 N–H and O–H groups in total. The van der Waals surface area contributed by atoms with Crippen LogP contribution in [0.15, 0.2) is 73.3 Å². The first-order valence-corrected chi connectivity index (χ1v) is 11.9. The van der Waals surface area contributed by atoms with Gasteiger partial charge in [0.05, 0.1) is 18.5 Å². The highest BCUT2D eigenvalue weighted by Crippen LogP contribution is 2.47. The molecule has 168 valence electrons. The lowest BCUT2D eigenvalue weighted by molar-refractivity contribution is -0.123. The molecule has 0 spiro atoms. The van der Waals surface area contributed by atoms with Crippen LogP contribution in [0.3, 0.4) is 0 Å². The van der Waals surface area contributed by atoms with E-state index in [9.17, 15) is 5.11 Å². The maximum absolute atomic E-state index is 11.8. The molecular weight excluding hydrogens is 398 g/mol. The number of hydrogen-bond acceptors (Lipinski definition) is 4. The van der Waals surface area contributed by atoms with Crippen molar-refractivity contribution in [2.75, 3.05) is 13.2 Å². The number of rotatable bonds is 7. The molecule has 1 aliphatic carbocycles. The van der Waals surface area contributed by atoms with Crippen LogP contribution in [0.5, 0.6) is 5.75 Å². The first kappa shape index (κ1) is 21.2. The zero-order chi connectivity index (χ0) is 21.8. The van der Waals surface area contributed by atoms with E-state index in [0.29, 0.717) is 12.6 Å². The third-order valence-corrected chi connectivity index (χ3v) is 7.38. The molecule has 5 nitrogen and oxygen atoms in total. The monoisotopic (exact) mass is 431 g/mol. The fourth-order valence-corrected chi connectivity index (χ4v) is 5.73. The summed E-state index contributed by atoms with van der Waals surface area (Å²) in [6.07, 6.45) is 11.0. The Kier molecular flexibility index (Phi) is 6.28. The number of aliphatic hydroxyl groups is 1. The molecule has 5 rings (SSSR count). The number of nitrogens with zero attached hydrogens (tertiary/aromatic N) is 3. The first-order chi connectivity index (χ1) is 15.7. The Morgan fingerprint density at radius 2 is 1.84 bits per heavy atom. The number of aromatic nitrogens is 2. The fraction of sp³-hybridized carbons (Fsp3) is 0.444. The zero-order valence-corrected chi connectivity index (χ0v) is 18.6. The van der Waals surface area contributed by atoms with Crippen LogP contribution in [-0.2, 0) is 18.7 Å². The Hall–Kier alpha value is -2.63. The van der Waals surface area contributed by atoms with Crippen molar-refractivity contribution in [2.24, 2.45) is 5.92 Å². The van der Waals surface area contributed by atoms with Crippen molar-refractivity contribution in [3.63, 3.8) is 0 Å². The number of hydrogen-bond donors (Lipinski definition) is 1. The van der Waals surface area contributed by atoms with Gasteiger partial charge in [-0.05, 0) is 30.9 Å². The van der Waals surface area contributed by atoms with Crippen LogP contribution in [-0.4, -0.2) is 38.8 Å². The Bertz CT molecular complexity index is 991. The van der Waals surface area contributed by atoms with E-state index in [0.717, 1.165) is 50.2 Å². The highest BCUT2D eigenvalue weighted by Gasteiger charge is 2.48. The molecule has 0 radical (unpaired) electrons. The van der Waals surface area contributed by atoms with E-state index in [1.54, 1.807) is 6.20 Å². The number of para-hydroxylation sites is 1. The van der Waals surface area contributed by atoms with Crippen molar-refractivity contribution < 1.29 is 9.84 Å². The van der Waals surface area contributed by atoms with E-state index in [1.807, 2.05) is 29.2 Å². The summed E-state index contributed by atoms with van der Waals surface area (Å²) in [4.78, 5) is 6.69. The van der Waals surface area contributed by atoms with Crippen LogP contribution in [0.2, 0.25) is 0 Å². The fourth-order valence-electron chi connectivity index (χ4n) is 5.73. The van der Waals surface area contributed by atoms with Gasteiger partial charge < -0.3 is 14.4 Å². The summed E-state index contributed by atoms with van der Waals surface area (Å²) in [7, 11) is 0. The lowest BCUT2D eigenvalue weighted by Crippen LogP contribution is -2.57. The molecule has 1 aromatic heterocycles. The van der Waals surface area contributed by atoms with Crippen molar-refractivity contribution in [3.05, 3.63) is 84.4 Å².